The van der Waals surface area contributed by atoms with E-state index in [-0.39, 0.29) is 12.5 Å². The molecule has 2 aromatic rings. The smallest absolute Gasteiger partial charge is 0.274 e. The number of carbonyl (C=O) groups excluding carboxylic acids is 1. The maximum atomic E-state index is 12.1. The van der Waals surface area contributed by atoms with Crippen LogP contribution in [-0.2, 0) is 4.79 Å². The summed E-state index contributed by atoms with van der Waals surface area (Å²) in [7, 11) is 1.60. The van der Waals surface area contributed by atoms with Gasteiger partial charge in [-0.2, -0.15) is 4.91 Å². The van der Waals surface area contributed by atoms with Crippen LogP contribution in [0.1, 0.15) is 17.7 Å². The molecule has 1 aromatic carbocycles. The van der Waals surface area contributed by atoms with Gasteiger partial charge in [0, 0.05) is 12.7 Å². The Balaban J connectivity index is 1.78. The second-order valence-corrected chi connectivity index (χ2v) is 5.93. The van der Waals surface area contributed by atoms with Crippen molar-refractivity contribution >= 4 is 17.9 Å². The molecular weight excluding hydrogens is 348 g/mol. The maximum Gasteiger partial charge on any atom is 0.274 e. The first kappa shape index (κ1) is 18.3. The Morgan fingerprint density at radius 2 is 2.15 bits per heavy atom. The lowest BCUT2D eigenvalue weighted by atomic mass is 10.1. The normalized spacial score (nSPS) is 16.4. The summed E-state index contributed by atoms with van der Waals surface area (Å²) >= 11 is 0. The molecule has 0 bridgehead atoms. The highest BCUT2D eigenvalue weighted by Gasteiger charge is 2.21. The monoisotopic (exact) mass is 368 g/mol. The van der Waals surface area contributed by atoms with Gasteiger partial charge in [0.1, 0.15) is 11.4 Å². The van der Waals surface area contributed by atoms with Crippen molar-refractivity contribution in [2.24, 2.45) is 10.2 Å². The summed E-state index contributed by atoms with van der Waals surface area (Å²) in [5.41, 5.74) is 2.95. The molecule has 1 aliphatic rings. The zero-order chi connectivity index (χ0) is 19.2. The minimum atomic E-state index is -0.268. The highest BCUT2D eigenvalue weighted by atomic mass is 16.5. The number of amides is 1. The van der Waals surface area contributed by atoms with Gasteiger partial charge in [-0.3, -0.25) is 15.1 Å². The highest BCUT2D eigenvalue weighted by Crippen LogP contribution is 2.25. The Hall–Kier alpha value is -3.49. The SMILES string of the molecule is COc1cc(/C=C2\NC(=NCCCN=O)NC2=O)ccc1-n1cnc(C)c1. The van der Waals surface area contributed by atoms with Gasteiger partial charge in [-0.1, -0.05) is 11.2 Å². The summed E-state index contributed by atoms with van der Waals surface area (Å²) in [6.07, 6.45) is 5.89. The average molecular weight is 368 g/mol. The Kier molecular flexibility index (Phi) is 5.60. The maximum absolute atomic E-state index is 12.1. The minimum Gasteiger partial charge on any atom is -0.495 e. The van der Waals surface area contributed by atoms with Crippen LogP contribution >= 0.6 is 0 Å². The number of nitroso groups, excluding NO2 is 1. The number of aryl methyl sites for hydroxylation is 1. The number of benzene rings is 1. The molecule has 1 aromatic heterocycles. The molecule has 0 aliphatic carbocycles. The topological polar surface area (TPSA) is 110 Å². The van der Waals surface area contributed by atoms with Gasteiger partial charge >= 0.3 is 0 Å². The Bertz CT molecular complexity index is 916. The first-order chi connectivity index (χ1) is 13.1. The van der Waals surface area contributed by atoms with E-state index in [9.17, 15) is 9.70 Å². The number of carbonyl (C=O) groups is 1. The van der Waals surface area contributed by atoms with Crippen LogP contribution in [0.2, 0.25) is 0 Å². The van der Waals surface area contributed by atoms with Crippen LogP contribution in [0.3, 0.4) is 0 Å². The molecule has 27 heavy (non-hydrogen) atoms. The van der Waals surface area contributed by atoms with Gasteiger partial charge in [0.2, 0.25) is 5.96 Å². The number of aromatic nitrogens is 2. The first-order valence-electron chi connectivity index (χ1n) is 8.43. The molecule has 1 amide bonds. The Morgan fingerprint density at radius 1 is 1.30 bits per heavy atom. The van der Waals surface area contributed by atoms with Gasteiger partial charge in [-0.15, -0.1) is 0 Å². The van der Waals surface area contributed by atoms with E-state index >= 15 is 0 Å². The van der Waals surface area contributed by atoms with Crippen LogP contribution in [-0.4, -0.2) is 41.6 Å². The summed E-state index contributed by atoms with van der Waals surface area (Å²) in [6, 6.07) is 5.64. The van der Waals surface area contributed by atoms with Gasteiger partial charge in [0.05, 0.1) is 31.4 Å². The van der Waals surface area contributed by atoms with Crippen molar-refractivity contribution in [3.63, 3.8) is 0 Å². The Morgan fingerprint density at radius 3 is 2.85 bits per heavy atom. The van der Waals surface area contributed by atoms with Crippen molar-refractivity contribution in [1.82, 2.24) is 20.2 Å². The van der Waals surface area contributed by atoms with Gasteiger partial charge < -0.3 is 14.6 Å². The van der Waals surface area contributed by atoms with E-state index in [1.54, 1.807) is 19.5 Å². The van der Waals surface area contributed by atoms with Crippen LogP contribution in [0.4, 0.5) is 0 Å². The summed E-state index contributed by atoms with van der Waals surface area (Å²) in [5, 5.41) is 8.36. The molecule has 0 saturated carbocycles. The summed E-state index contributed by atoms with van der Waals surface area (Å²) in [5.74, 6) is 0.764. The number of ether oxygens (including phenoxy) is 1. The molecule has 0 unspecified atom stereocenters. The van der Waals surface area contributed by atoms with Crippen molar-refractivity contribution in [3.8, 4) is 11.4 Å². The molecule has 2 heterocycles. The lowest BCUT2D eigenvalue weighted by molar-refractivity contribution is -0.115. The van der Waals surface area contributed by atoms with Crippen LogP contribution in [0.25, 0.3) is 11.8 Å². The van der Waals surface area contributed by atoms with E-state index in [4.69, 9.17) is 4.74 Å². The van der Waals surface area contributed by atoms with Gasteiger partial charge in [-0.05, 0) is 37.1 Å². The molecule has 9 nitrogen and oxygen atoms in total. The molecule has 1 aliphatic heterocycles. The third-order valence-corrected chi connectivity index (χ3v) is 3.91. The molecule has 3 rings (SSSR count). The van der Waals surface area contributed by atoms with Crippen LogP contribution in [0.5, 0.6) is 5.75 Å². The van der Waals surface area contributed by atoms with Crippen molar-refractivity contribution in [2.75, 3.05) is 20.2 Å². The number of nitrogens with zero attached hydrogens (tertiary/aromatic N) is 4. The van der Waals surface area contributed by atoms with Crippen LogP contribution < -0.4 is 15.4 Å². The number of nitrogens with one attached hydrogen (secondary N) is 2. The molecule has 2 N–H and O–H groups in total. The molecular formula is C18H20N6O3. The number of rotatable bonds is 7. The molecule has 1 saturated heterocycles. The lowest BCUT2D eigenvalue weighted by Crippen LogP contribution is -2.25. The van der Waals surface area contributed by atoms with Gasteiger partial charge in [-0.25, -0.2) is 4.98 Å². The molecule has 0 atom stereocenters. The van der Waals surface area contributed by atoms with Crippen molar-refractivity contribution < 1.29 is 9.53 Å². The fourth-order valence-electron chi connectivity index (χ4n) is 2.61. The zero-order valence-corrected chi connectivity index (χ0v) is 15.1. The van der Waals surface area contributed by atoms with E-state index in [1.807, 2.05) is 35.9 Å². The van der Waals surface area contributed by atoms with E-state index < -0.39 is 0 Å². The number of methoxy groups -OCH3 is 1. The third kappa shape index (κ3) is 4.38. The van der Waals surface area contributed by atoms with Crippen molar-refractivity contribution in [2.45, 2.75) is 13.3 Å². The predicted octanol–water partition coefficient (Wildman–Crippen LogP) is 1.76. The fraction of sp³-hybridized carbons (Fsp3) is 0.278. The van der Waals surface area contributed by atoms with Crippen molar-refractivity contribution in [3.05, 3.63) is 52.6 Å². The first-order valence-corrected chi connectivity index (χ1v) is 8.43. The molecule has 140 valence electrons. The largest absolute Gasteiger partial charge is 0.495 e. The molecule has 9 heteroatoms. The molecule has 1 fully saturated rings. The lowest BCUT2D eigenvalue weighted by Gasteiger charge is -2.10. The second kappa shape index (κ2) is 8.26. The van der Waals surface area contributed by atoms with E-state index in [0.717, 1.165) is 16.9 Å². The predicted molar refractivity (Wildman–Crippen MR) is 102 cm³/mol. The van der Waals surface area contributed by atoms with Gasteiger partial charge in [0.15, 0.2) is 0 Å². The third-order valence-electron chi connectivity index (χ3n) is 3.91. The highest BCUT2D eigenvalue weighted by molar-refractivity contribution is 6.15. The zero-order valence-electron chi connectivity index (χ0n) is 15.1. The number of hydrogen-bond donors (Lipinski definition) is 2. The number of hydrogen-bond acceptors (Lipinski definition) is 6. The molecule has 0 spiro atoms. The van der Waals surface area contributed by atoms with Crippen LogP contribution in [0, 0.1) is 11.8 Å². The fourth-order valence-corrected chi connectivity index (χ4v) is 2.61. The summed E-state index contributed by atoms with van der Waals surface area (Å²) in [6.45, 7) is 2.53. The Labute approximate surface area is 156 Å². The summed E-state index contributed by atoms with van der Waals surface area (Å²) < 4.78 is 7.36. The average Bonchev–Trinajstić information content (AvgIpc) is 3.24. The molecule has 0 radical (unpaired) electrons. The van der Waals surface area contributed by atoms with Gasteiger partial charge in [0.25, 0.3) is 5.91 Å². The minimum absolute atomic E-state index is 0.204. The summed E-state index contributed by atoms with van der Waals surface area (Å²) in [4.78, 5) is 30.6. The quantitative estimate of drug-likeness (QED) is 0.440. The number of imidazole rings is 1. The number of aliphatic imine (C=N–C) groups is 1. The standard InChI is InChI=1S/C18H20N6O3/c1-12-10-24(11-20-12)15-5-4-13(9-16(15)27-2)8-14-17(25)23-18(22-14)19-6-3-7-21-26/h4-5,8-11H,3,6-7H2,1-2H3,(H2,19,22,23,25)/b14-8-. The van der Waals surface area contributed by atoms with E-state index in [0.29, 0.717) is 30.4 Å². The van der Waals surface area contributed by atoms with E-state index in [1.165, 1.54) is 0 Å². The van der Waals surface area contributed by atoms with E-state index in [2.05, 4.69) is 25.8 Å². The second-order valence-electron chi connectivity index (χ2n) is 5.93. The van der Waals surface area contributed by atoms with Crippen LogP contribution in [0.15, 0.2) is 46.6 Å². The van der Waals surface area contributed by atoms with Crippen molar-refractivity contribution in [1.29, 1.82) is 0 Å². The number of guanidine groups is 1.